The van der Waals surface area contributed by atoms with E-state index in [1.54, 1.807) is 0 Å². The molecule has 0 bridgehead atoms. The molecule has 1 heterocycles. The van der Waals surface area contributed by atoms with Gasteiger partial charge in [0.25, 0.3) is 0 Å². The predicted molar refractivity (Wildman–Crippen MR) is 42.1 cm³/mol. The van der Waals surface area contributed by atoms with E-state index in [0.29, 0.717) is 5.73 Å². The molecule has 1 unspecified atom stereocenters. The van der Waals surface area contributed by atoms with E-state index in [0.717, 1.165) is 6.61 Å². The molecule has 3 heteroatoms. The minimum Gasteiger partial charge on any atom is -0.383 e. The van der Waals surface area contributed by atoms with Gasteiger partial charge in [-0.15, -0.1) is 0 Å². The van der Waals surface area contributed by atoms with Crippen molar-refractivity contribution in [2.45, 2.75) is 25.0 Å². The maximum absolute atomic E-state index is 5.34. The second-order valence-corrected chi connectivity index (χ2v) is 3.47. The summed E-state index contributed by atoms with van der Waals surface area (Å²) in [5.41, 5.74) is 0.675. The molecular weight excluding hydrogens is 241 g/mol. The molecule has 0 aliphatic carbocycles. The second-order valence-electron chi connectivity index (χ2n) is 2.18. The molecule has 1 rings (SSSR count). The van der Waals surface area contributed by atoms with Crippen LogP contribution in [-0.2, 0) is 4.74 Å². The molecule has 1 aliphatic rings. The van der Waals surface area contributed by atoms with Gasteiger partial charge in [0.1, 0.15) is 0 Å². The first-order chi connectivity index (χ1) is 3.39. The number of rotatable bonds is 0. The van der Waals surface area contributed by atoms with E-state index in [4.69, 9.17) is 4.74 Å². The Hall–Kier alpha value is 1.75. The number of hydrogen-bond donors (Lipinski definition) is 0. The molecule has 0 aromatic heterocycles. The molecule has 1 aliphatic heterocycles. The smallest absolute Gasteiger partial charge is 0.0465 e. The zero-order valence-electron chi connectivity index (χ0n) is 4.81. The van der Waals surface area contributed by atoms with Gasteiger partial charge in [-0.05, 0) is 19.3 Å². The van der Waals surface area contributed by atoms with Crippen molar-refractivity contribution < 1.29 is 4.74 Å². The van der Waals surface area contributed by atoms with E-state index in [-0.39, 0.29) is 48.9 Å². The van der Waals surface area contributed by atoms with Crippen LogP contribution in [0.2, 0.25) is 0 Å². The average Bonchev–Trinajstić information content (AvgIpc) is 1.69. The molecule has 0 saturated carbocycles. The van der Waals surface area contributed by atoms with Crippen LogP contribution in [0.1, 0.15) is 19.3 Å². The molecule has 0 aromatic rings. The minimum absolute atomic E-state index is 0. The third kappa shape index (κ3) is 3.71. The van der Waals surface area contributed by atoms with Crippen LogP contribution >= 0.6 is 0 Å². The van der Waals surface area contributed by atoms with Crippen LogP contribution in [0, 0.1) is 0 Å². The zero-order valence-corrected chi connectivity index (χ0v) is 6.81. The quantitative estimate of drug-likeness (QED) is 0.503. The topological polar surface area (TPSA) is 9.23 Å². The molecule has 1 nitrogen and oxygen atoms in total. The van der Waals surface area contributed by atoms with Crippen LogP contribution in [0.25, 0.3) is 0 Å². The van der Waals surface area contributed by atoms with Crippen molar-refractivity contribution in [1.29, 1.82) is 0 Å². The van der Waals surface area contributed by atoms with Gasteiger partial charge in [0.05, 0.1) is 0 Å². The first-order valence-electron chi connectivity index (χ1n) is 3.01. The molecular formula is C5H14BaOSi. The molecule has 0 spiro atoms. The van der Waals surface area contributed by atoms with Gasteiger partial charge in [0.2, 0.25) is 0 Å². The maximum Gasteiger partial charge on any atom is 0.0465 e. The summed E-state index contributed by atoms with van der Waals surface area (Å²) in [6.45, 7) is 1.02. The SMILES string of the molecule is [BaH2].[SiH3]C1CCCCO1. The van der Waals surface area contributed by atoms with Gasteiger partial charge in [-0.3, -0.25) is 0 Å². The van der Waals surface area contributed by atoms with E-state index >= 15 is 0 Å². The Balaban J connectivity index is 0.000000490. The third-order valence-electron chi connectivity index (χ3n) is 1.41. The predicted octanol–water partition coefficient (Wildman–Crippen LogP) is -1.04. The fourth-order valence-electron chi connectivity index (χ4n) is 0.902. The first kappa shape index (κ1) is 9.75. The molecule has 8 heavy (non-hydrogen) atoms. The van der Waals surface area contributed by atoms with Crippen molar-refractivity contribution in [2.75, 3.05) is 6.61 Å². The Labute approximate surface area is 94.1 Å². The van der Waals surface area contributed by atoms with Crippen LogP contribution in [-0.4, -0.2) is 71.5 Å². The van der Waals surface area contributed by atoms with E-state index < -0.39 is 0 Å². The Kier molecular flexibility index (Phi) is 6.73. The van der Waals surface area contributed by atoms with Crippen molar-refractivity contribution in [2.24, 2.45) is 0 Å². The number of hydrogen-bond acceptors (Lipinski definition) is 1. The summed E-state index contributed by atoms with van der Waals surface area (Å²) in [4.78, 5) is 0. The minimum atomic E-state index is 0. The van der Waals surface area contributed by atoms with Gasteiger partial charge in [-0.2, -0.15) is 0 Å². The van der Waals surface area contributed by atoms with Crippen LogP contribution in [0.4, 0.5) is 0 Å². The van der Waals surface area contributed by atoms with Gasteiger partial charge in [-0.25, -0.2) is 0 Å². The first-order valence-corrected chi connectivity index (χ1v) is 4.16. The van der Waals surface area contributed by atoms with Crippen LogP contribution < -0.4 is 0 Å². The summed E-state index contributed by atoms with van der Waals surface area (Å²) in [6.07, 6.45) is 4.01. The summed E-state index contributed by atoms with van der Waals surface area (Å²) in [7, 11) is 1.23. The standard InChI is InChI=1S/C5H12OSi.Ba.2H/c7-5-3-1-2-4-6-5;;;/h5H,1-4H2,7H3;;;. The van der Waals surface area contributed by atoms with Crippen LogP contribution in [0.15, 0.2) is 0 Å². The molecule has 1 atom stereocenters. The van der Waals surface area contributed by atoms with Crippen molar-refractivity contribution in [3.05, 3.63) is 0 Å². The van der Waals surface area contributed by atoms with Gasteiger partial charge in [0.15, 0.2) is 0 Å². The Morgan fingerprint density at radius 2 is 2.12 bits per heavy atom. The summed E-state index contributed by atoms with van der Waals surface area (Å²) >= 11 is 0. The molecule has 46 valence electrons. The van der Waals surface area contributed by atoms with Crippen molar-refractivity contribution in [3.63, 3.8) is 0 Å². The fourth-order valence-corrected chi connectivity index (χ4v) is 1.55. The largest absolute Gasteiger partial charge is 0.383 e. The normalized spacial score (nSPS) is 29.2. The second kappa shape index (κ2) is 5.53. The molecule has 0 N–H and O–H groups in total. The van der Waals surface area contributed by atoms with Gasteiger partial charge in [0, 0.05) is 22.6 Å². The fraction of sp³-hybridized carbons (Fsp3) is 1.00. The van der Waals surface area contributed by atoms with E-state index in [1.165, 1.54) is 29.5 Å². The zero-order chi connectivity index (χ0) is 5.11. The van der Waals surface area contributed by atoms with Crippen molar-refractivity contribution in [1.82, 2.24) is 0 Å². The average molecular weight is 256 g/mol. The molecule has 0 aromatic carbocycles. The third-order valence-corrected chi connectivity index (χ3v) is 2.32. The van der Waals surface area contributed by atoms with E-state index in [2.05, 4.69) is 0 Å². The van der Waals surface area contributed by atoms with Crippen molar-refractivity contribution >= 4 is 59.1 Å². The Morgan fingerprint density at radius 3 is 2.38 bits per heavy atom. The van der Waals surface area contributed by atoms with Crippen LogP contribution in [0.3, 0.4) is 0 Å². The van der Waals surface area contributed by atoms with Gasteiger partial charge >= 0.3 is 48.9 Å². The van der Waals surface area contributed by atoms with Gasteiger partial charge < -0.3 is 4.74 Å². The number of ether oxygens (including phenoxy) is 1. The Bertz CT molecular complexity index is 54.4. The summed E-state index contributed by atoms with van der Waals surface area (Å²) in [5.74, 6) is 0. The molecule has 1 saturated heterocycles. The molecule has 0 radical (unpaired) electrons. The molecule has 0 amide bonds. The van der Waals surface area contributed by atoms with Crippen molar-refractivity contribution in [3.8, 4) is 0 Å². The molecule has 1 fully saturated rings. The monoisotopic (exact) mass is 256 g/mol. The van der Waals surface area contributed by atoms with E-state index in [1.807, 2.05) is 0 Å². The maximum atomic E-state index is 5.34. The summed E-state index contributed by atoms with van der Waals surface area (Å²) in [6, 6.07) is 0. The summed E-state index contributed by atoms with van der Waals surface area (Å²) in [5, 5.41) is 0. The van der Waals surface area contributed by atoms with Crippen LogP contribution in [0.5, 0.6) is 0 Å². The van der Waals surface area contributed by atoms with E-state index in [9.17, 15) is 0 Å². The van der Waals surface area contributed by atoms with Gasteiger partial charge in [-0.1, -0.05) is 0 Å². The Morgan fingerprint density at radius 1 is 1.38 bits per heavy atom. The summed E-state index contributed by atoms with van der Waals surface area (Å²) < 4.78 is 5.34.